The summed E-state index contributed by atoms with van der Waals surface area (Å²) in [6.45, 7) is 1.58. The quantitative estimate of drug-likeness (QED) is 0.435. The van der Waals surface area contributed by atoms with Crippen molar-refractivity contribution >= 4 is 11.8 Å². The SMILES string of the molecule is [N-]=[N+]=NCC1CC(=O)N(C[C@H]2CCC(=O)N2)C1. The first kappa shape index (κ1) is 11.7. The summed E-state index contributed by atoms with van der Waals surface area (Å²) in [6.07, 6.45) is 1.79. The first-order chi connectivity index (χ1) is 8.19. The fourth-order valence-corrected chi connectivity index (χ4v) is 2.39. The van der Waals surface area contributed by atoms with Gasteiger partial charge in [0.1, 0.15) is 0 Å². The van der Waals surface area contributed by atoms with E-state index in [1.54, 1.807) is 4.90 Å². The van der Waals surface area contributed by atoms with E-state index in [1.165, 1.54) is 0 Å². The molecule has 2 atom stereocenters. The Hall–Kier alpha value is -1.75. The molecule has 2 aliphatic rings. The van der Waals surface area contributed by atoms with Crippen LogP contribution in [0.5, 0.6) is 0 Å². The molecular formula is C10H15N5O2. The van der Waals surface area contributed by atoms with Gasteiger partial charge in [0.25, 0.3) is 0 Å². The van der Waals surface area contributed by atoms with Gasteiger partial charge in [-0.25, -0.2) is 0 Å². The average molecular weight is 237 g/mol. The molecule has 7 nitrogen and oxygen atoms in total. The van der Waals surface area contributed by atoms with Crippen molar-refractivity contribution in [1.29, 1.82) is 0 Å². The topological polar surface area (TPSA) is 98.2 Å². The summed E-state index contributed by atoms with van der Waals surface area (Å²) in [7, 11) is 0. The fourth-order valence-electron chi connectivity index (χ4n) is 2.39. The highest BCUT2D eigenvalue weighted by atomic mass is 16.2. The van der Waals surface area contributed by atoms with Gasteiger partial charge >= 0.3 is 0 Å². The molecule has 2 saturated heterocycles. The second-order valence-corrected chi connectivity index (χ2v) is 4.59. The molecule has 0 aliphatic carbocycles. The van der Waals surface area contributed by atoms with Crippen molar-refractivity contribution in [2.75, 3.05) is 19.6 Å². The highest BCUT2D eigenvalue weighted by molar-refractivity contribution is 5.80. The Morgan fingerprint density at radius 2 is 2.35 bits per heavy atom. The number of carbonyl (C=O) groups is 2. The van der Waals surface area contributed by atoms with Crippen molar-refractivity contribution in [3.8, 4) is 0 Å². The van der Waals surface area contributed by atoms with E-state index < -0.39 is 0 Å². The maximum Gasteiger partial charge on any atom is 0.222 e. The van der Waals surface area contributed by atoms with Crippen LogP contribution in [-0.2, 0) is 9.59 Å². The van der Waals surface area contributed by atoms with Crippen LogP contribution in [0.4, 0.5) is 0 Å². The molecule has 0 aromatic rings. The van der Waals surface area contributed by atoms with Crippen LogP contribution < -0.4 is 5.32 Å². The van der Waals surface area contributed by atoms with E-state index in [-0.39, 0.29) is 23.8 Å². The van der Waals surface area contributed by atoms with Crippen LogP contribution in [-0.4, -0.2) is 42.4 Å². The lowest BCUT2D eigenvalue weighted by Crippen LogP contribution is -2.39. The molecule has 1 unspecified atom stereocenters. The summed E-state index contributed by atoms with van der Waals surface area (Å²) in [5.41, 5.74) is 8.23. The molecule has 0 radical (unpaired) electrons. The summed E-state index contributed by atoms with van der Waals surface area (Å²) in [5.74, 6) is 0.270. The molecule has 2 amide bonds. The van der Waals surface area contributed by atoms with Crippen molar-refractivity contribution in [2.24, 2.45) is 11.0 Å². The summed E-state index contributed by atoms with van der Waals surface area (Å²) in [4.78, 5) is 27.2. The number of carbonyl (C=O) groups excluding carboxylic acids is 2. The van der Waals surface area contributed by atoms with E-state index in [2.05, 4.69) is 15.3 Å². The van der Waals surface area contributed by atoms with Crippen LogP contribution in [0.2, 0.25) is 0 Å². The lowest BCUT2D eigenvalue weighted by atomic mass is 10.1. The van der Waals surface area contributed by atoms with E-state index in [4.69, 9.17) is 5.53 Å². The van der Waals surface area contributed by atoms with Crippen molar-refractivity contribution < 1.29 is 9.59 Å². The molecule has 92 valence electrons. The first-order valence-corrected chi connectivity index (χ1v) is 5.77. The molecular weight excluding hydrogens is 222 g/mol. The average Bonchev–Trinajstić information content (AvgIpc) is 2.84. The van der Waals surface area contributed by atoms with Crippen LogP contribution in [0.25, 0.3) is 10.4 Å². The molecule has 7 heteroatoms. The highest BCUT2D eigenvalue weighted by Crippen LogP contribution is 2.20. The maximum absolute atomic E-state index is 11.7. The van der Waals surface area contributed by atoms with Crippen molar-refractivity contribution in [3.05, 3.63) is 10.4 Å². The minimum atomic E-state index is 0.0623. The predicted octanol–water partition coefficient (Wildman–Crippen LogP) is 0.424. The van der Waals surface area contributed by atoms with Gasteiger partial charge in [0.05, 0.1) is 0 Å². The zero-order valence-electron chi connectivity index (χ0n) is 9.50. The first-order valence-electron chi connectivity index (χ1n) is 5.77. The van der Waals surface area contributed by atoms with Crippen LogP contribution in [0, 0.1) is 5.92 Å². The Bertz CT molecular complexity index is 377. The lowest BCUT2D eigenvalue weighted by molar-refractivity contribution is -0.128. The molecule has 0 bridgehead atoms. The number of azide groups is 1. The van der Waals surface area contributed by atoms with Gasteiger partial charge in [0.15, 0.2) is 0 Å². The van der Waals surface area contributed by atoms with Gasteiger partial charge in [-0.05, 0) is 17.9 Å². The van der Waals surface area contributed by atoms with E-state index >= 15 is 0 Å². The number of nitrogens with zero attached hydrogens (tertiary/aromatic N) is 4. The third kappa shape index (κ3) is 2.88. The minimum absolute atomic E-state index is 0.0623. The Kier molecular flexibility index (Phi) is 3.49. The normalized spacial score (nSPS) is 28.1. The summed E-state index contributed by atoms with van der Waals surface area (Å²) in [6, 6.07) is 0.0877. The Morgan fingerprint density at radius 3 is 3.00 bits per heavy atom. The van der Waals surface area contributed by atoms with Gasteiger partial charge in [-0.15, -0.1) is 0 Å². The number of likely N-dealkylation sites (tertiary alicyclic amines) is 1. The second-order valence-electron chi connectivity index (χ2n) is 4.59. The van der Waals surface area contributed by atoms with Gasteiger partial charge in [-0.3, -0.25) is 9.59 Å². The van der Waals surface area contributed by atoms with Crippen LogP contribution in [0.3, 0.4) is 0 Å². The van der Waals surface area contributed by atoms with Crippen molar-refractivity contribution in [1.82, 2.24) is 10.2 Å². The Balaban J connectivity index is 1.83. The van der Waals surface area contributed by atoms with Crippen molar-refractivity contribution in [3.63, 3.8) is 0 Å². The number of nitrogens with one attached hydrogen (secondary N) is 1. The zero-order valence-corrected chi connectivity index (χ0v) is 9.50. The Morgan fingerprint density at radius 1 is 1.53 bits per heavy atom. The molecule has 0 aromatic heterocycles. The molecule has 2 fully saturated rings. The smallest absolute Gasteiger partial charge is 0.222 e. The van der Waals surface area contributed by atoms with Gasteiger partial charge in [0, 0.05) is 43.4 Å². The van der Waals surface area contributed by atoms with Crippen LogP contribution >= 0.6 is 0 Å². The standard InChI is InChI=1S/C10H15N5O2/c11-14-12-4-7-3-10(17)15(5-7)6-8-1-2-9(16)13-8/h7-8H,1-6H2,(H,13,16)/t7?,8-/m1/s1. The molecule has 0 aromatic carbocycles. The van der Waals surface area contributed by atoms with E-state index in [0.717, 1.165) is 6.42 Å². The van der Waals surface area contributed by atoms with Gasteiger partial charge in [0.2, 0.25) is 11.8 Å². The summed E-state index contributed by atoms with van der Waals surface area (Å²) < 4.78 is 0. The van der Waals surface area contributed by atoms with Gasteiger partial charge in [-0.1, -0.05) is 5.11 Å². The highest BCUT2D eigenvalue weighted by Gasteiger charge is 2.32. The van der Waals surface area contributed by atoms with Gasteiger partial charge in [-0.2, -0.15) is 0 Å². The molecule has 2 rings (SSSR count). The zero-order chi connectivity index (χ0) is 12.3. The molecule has 2 aliphatic heterocycles. The Labute approximate surface area is 98.8 Å². The monoisotopic (exact) mass is 237 g/mol. The molecule has 0 saturated carbocycles. The van der Waals surface area contributed by atoms with Crippen LogP contribution in [0.1, 0.15) is 19.3 Å². The number of hydrogen-bond acceptors (Lipinski definition) is 3. The third-order valence-electron chi connectivity index (χ3n) is 3.22. The lowest BCUT2D eigenvalue weighted by Gasteiger charge is -2.20. The fraction of sp³-hybridized carbons (Fsp3) is 0.800. The largest absolute Gasteiger partial charge is 0.352 e. The van der Waals surface area contributed by atoms with E-state index in [0.29, 0.717) is 32.5 Å². The number of amides is 2. The second kappa shape index (κ2) is 5.05. The summed E-state index contributed by atoms with van der Waals surface area (Å²) in [5, 5.41) is 6.34. The molecule has 17 heavy (non-hydrogen) atoms. The predicted molar refractivity (Wildman–Crippen MR) is 59.9 cm³/mol. The van der Waals surface area contributed by atoms with Crippen LogP contribution in [0.15, 0.2) is 5.11 Å². The van der Waals surface area contributed by atoms with Crippen molar-refractivity contribution in [2.45, 2.75) is 25.3 Å². The molecule has 0 spiro atoms. The van der Waals surface area contributed by atoms with E-state index in [1.807, 2.05) is 0 Å². The maximum atomic E-state index is 11.7. The minimum Gasteiger partial charge on any atom is -0.352 e. The summed E-state index contributed by atoms with van der Waals surface area (Å²) >= 11 is 0. The van der Waals surface area contributed by atoms with Gasteiger partial charge < -0.3 is 10.2 Å². The molecule has 1 N–H and O–H groups in total. The number of rotatable bonds is 4. The van der Waals surface area contributed by atoms with E-state index in [9.17, 15) is 9.59 Å². The molecule has 2 heterocycles. The third-order valence-corrected chi connectivity index (χ3v) is 3.22. The number of hydrogen-bond donors (Lipinski definition) is 1.